The number of hydrogen-bond acceptors (Lipinski definition) is 5. The molecule has 8 heteroatoms. The van der Waals surface area contributed by atoms with Gasteiger partial charge in [-0.1, -0.05) is 6.07 Å². The predicted octanol–water partition coefficient (Wildman–Crippen LogP) is 2.04. The molecule has 7 nitrogen and oxygen atoms in total. The summed E-state index contributed by atoms with van der Waals surface area (Å²) in [6.45, 7) is 3.06. The molecular weight excluding hydrogens is 392 g/mol. The van der Waals surface area contributed by atoms with Gasteiger partial charge >= 0.3 is 5.97 Å². The lowest BCUT2D eigenvalue weighted by atomic mass is 9.92. The van der Waals surface area contributed by atoms with Gasteiger partial charge in [-0.3, -0.25) is 9.59 Å². The van der Waals surface area contributed by atoms with Crippen molar-refractivity contribution in [1.29, 1.82) is 0 Å². The lowest BCUT2D eigenvalue weighted by Crippen LogP contribution is -2.43. The van der Waals surface area contributed by atoms with Crippen LogP contribution in [0.25, 0.3) is 0 Å². The number of likely N-dealkylation sites (tertiary alicyclic amines) is 1. The summed E-state index contributed by atoms with van der Waals surface area (Å²) in [5.41, 5.74) is 2.33. The van der Waals surface area contributed by atoms with E-state index in [1.165, 1.54) is 5.56 Å². The van der Waals surface area contributed by atoms with Crippen molar-refractivity contribution in [3.8, 4) is 0 Å². The summed E-state index contributed by atoms with van der Waals surface area (Å²) in [6.07, 6.45) is 5.67. The normalized spacial score (nSPS) is 19.5. The molecule has 2 aliphatic rings. The van der Waals surface area contributed by atoms with Crippen molar-refractivity contribution in [3.63, 3.8) is 0 Å². The lowest BCUT2D eigenvalue weighted by molar-refractivity contribution is -0.151. The van der Waals surface area contributed by atoms with Gasteiger partial charge in [0.1, 0.15) is 0 Å². The van der Waals surface area contributed by atoms with Crippen LogP contribution in [0.15, 0.2) is 23.1 Å². The first-order valence-electron chi connectivity index (χ1n) is 10.5. The zero-order valence-corrected chi connectivity index (χ0v) is 17.8. The van der Waals surface area contributed by atoms with Crippen molar-refractivity contribution in [3.05, 3.63) is 29.3 Å². The first-order chi connectivity index (χ1) is 13.9. The van der Waals surface area contributed by atoms with Gasteiger partial charge in [0.15, 0.2) is 0 Å². The summed E-state index contributed by atoms with van der Waals surface area (Å²) < 4.78 is 32.8. The number of carbonyl (C=O) groups excluding carboxylic acids is 2. The molecule has 1 heterocycles. The minimum absolute atomic E-state index is 0.0405. The molecule has 1 aromatic carbocycles. The molecule has 1 aromatic rings. The fraction of sp³-hybridized carbons (Fsp3) is 0.619. The smallest absolute Gasteiger partial charge is 0.310 e. The van der Waals surface area contributed by atoms with Crippen LogP contribution in [0.2, 0.25) is 0 Å². The van der Waals surface area contributed by atoms with Crippen LogP contribution in [-0.2, 0) is 37.2 Å². The van der Waals surface area contributed by atoms with Gasteiger partial charge < -0.3 is 9.64 Å². The van der Waals surface area contributed by atoms with E-state index in [2.05, 4.69) is 4.72 Å². The molecule has 3 rings (SSSR count). The predicted molar refractivity (Wildman–Crippen MR) is 109 cm³/mol. The van der Waals surface area contributed by atoms with E-state index in [4.69, 9.17) is 4.74 Å². The Morgan fingerprint density at radius 1 is 1.17 bits per heavy atom. The molecule has 160 valence electrons. The molecule has 1 N–H and O–H groups in total. The molecule has 1 unspecified atom stereocenters. The van der Waals surface area contributed by atoms with Gasteiger partial charge in [0.05, 0.1) is 17.4 Å². The highest BCUT2D eigenvalue weighted by atomic mass is 32.2. The monoisotopic (exact) mass is 422 g/mol. The molecule has 1 atom stereocenters. The number of nitrogens with zero attached hydrogens (tertiary/aromatic N) is 1. The zero-order chi connectivity index (χ0) is 20.9. The van der Waals surface area contributed by atoms with Gasteiger partial charge in [-0.15, -0.1) is 0 Å². The summed E-state index contributed by atoms with van der Waals surface area (Å²) in [6, 6.07) is 5.30. The van der Waals surface area contributed by atoms with E-state index in [1.807, 2.05) is 6.07 Å². The molecule has 0 spiro atoms. The van der Waals surface area contributed by atoms with Crippen LogP contribution in [0.4, 0.5) is 0 Å². The highest BCUT2D eigenvalue weighted by molar-refractivity contribution is 7.89. The fourth-order valence-electron chi connectivity index (χ4n) is 4.07. The van der Waals surface area contributed by atoms with Gasteiger partial charge in [0.25, 0.3) is 0 Å². The number of sulfonamides is 1. The number of hydrogen-bond donors (Lipinski definition) is 1. The maximum absolute atomic E-state index is 12.6. The Hall–Kier alpha value is -1.93. The molecule has 0 saturated carbocycles. The van der Waals surface area contributed by atoms with Crippen molar-refractivity contribution >= 4 is 21.9 Å². The van der Waals surface area contributed by atoms with Crippen molar-refractivity contribution in [2.24, 2.45) is 5.92 Å². The molecule has 0 radical (unpaired) electrons. The van der Waals surface area contributed by atoms with E-state index in [9.17, 15) is 18.0 Å². The Bertz CT molecular complexity index is 853. The van der Waals surface area contributed by atoms with Crippen LogP contribution < -0.4 is 4.72 Å². The number of piperidine rings is 1. The Kier molecular flexibility index (Phi) is 7.29. The van der Waals surface area contributed by atoms with Gasteiger partial charge in [0, 0.05) is 26.1 Å². The largest absolute Gasteiger partial charge is 0.466 e. The molecule has 1 fully saturated rings. The summed E-state index contributed by atoms with van der Waals surface area (Å²) in [4.78, 5) is 26.3. The van der Waals surface area contributed by atoms with Gasteiger partial charge in [-0.05, 0) is 68.7 Å². The Balaban J connectivity index is 1.52. The second-order valence-electron chi connectivity index (χ2n) is 7.72. The van der Waals surface area contributed by atoms with E-state index < -0.39 is 10.0 Å². The van der Waals surface area contributed by atoms with E-state index in [1.54, 1.807) is 24.0 Å². The second kappa shape index (κ2) is 9.71. The van der Waals surface area contributed by atoms with Gasteiger partial charge in [0.2, 0.25) is 15.9 Å². The quantitative estimate of drug-likeness (QED) is 0.679. The van der Waals surface area contributed by atoms with Crippen LogP contribution in [0.3, 0.4) is 0 Å². The van der Waals surface area contributed by atoms with Gasteiger partial charge in [-0.25, -0.2) is 13.1 Å². The summed E-state index contributed by atoms with van der Waals surface area (Å²) >= 11 is 0. The first kappa shape index (κ1) is 21.8. The Morgan fingerprint density at radius 3 is 2.69 bits per heavy atom. The number of carbonyl (C=O) groups is 2. The minimum atomic E-state index is -3.65. The summed E-state index contributed by atoms with van der Waals surface area (Å²) in [7, 11) is -3.65. The second-order valence-corrected chi connectivity index (χ2v) is 9.48. The molecule has 1 saturated heterocycles. The molecule has 1 amide bonds. The van der Waals surface area contributed by atoms with Crippen molar-refractivity contribution in [2.45, 2.75) is 56.8 Å². The van der Waals surface area contributed by atoms with E-state index in [0.29, 0.717) is 26.1 Å². The number of ether oxygens (including phenoxy) is 1. The average molecular weight is 423 g/mol. The average Bonchev–Trinajstić information content (AvgIpc) is 2.73. The Labute approximate surface area is 172 Å². The molecule has 0 bridgehead atoms. The van der Waals surface area contributed by atoms with Crippen molar-refractivity contribution < 1.29 is 22.7 Å². The highest BCUT2D eigenvalue weighted by Gasteiger charge is 2.29. The molecule has 0 aromatic heterocycles. The number of aryl methyl sites for hydroxylation is 2. The third kappa shape index (κ3) is 5.57. The maximum atomic E-state index is 12.6. The van der Waals surface area contributed by atoms with Crippen LogP contribution in [0.1, 0.15) is 50.2 Å². The number of nitrogens with one attached hydrogen (secondary N) is 1. The Morgan fingerprint density at radius 2 is 1.93 bits per heavy atom. The van der Waals surface area contributed by atoms with Crippen molar-refractivity contribution in [1.82, 2.24) is 9.62 Å². The lowest BCUT2D eigenvalue weighted by Gasteiger charge is -2.31. The number of benzene rings is 1. The number of fused-ring (bicyclic) bond motifs is 1. The zero-order valence-electron chi connectivity index (χ0n) is 17.0. The van der Waals surface area contributed by atoms with Crippen LogP contribution >= 0.6 is 0 Å². The van der Waals surface area contributed by atoms with Crippen LogP contribution in [0, 0.1) is 5.92 Å². The molecular formula is C21H30N2O5S. The molecule has 29 heavy (non-hydrogen) atoms. The van der Waals surface area contributed by atoms with Crippen LogP contribution in [0.5, 0.6) is 0 Å². The molecule has 1 aliphatic carbocycles. The number of esters is 1. The maximum Gasteiger partial charge on any atom is 0.310 e. The van der Waals surface area contributed by atoms with Crippen LogP contribution in [-0.4, -0.2) is 51.4 Å². The van der Waals surface area contributed by atoms with E-state index in [0.717, 1.165) is 37.7 Å². The third-order valence-corrected chi connectivity index (χ3v) is 7.11. The van der Waals surface area contributed by atoms with Crippen molar-refractivity contribution in [2.75, 3.05) is 26.2 Å². The minimum Gasteiger partial charge on any atom is -0.466 e. The highest BCUT2D eigenvalue weighted by Crippen LogP contribution is 2.24. The SMILES string of the molecule is CCOC(=O)C1CCCN(C(=O)CCNS(=O)(=O)c2ccc3c(c2)CCCC3)C1. The van der Waals surface area contributed by atoms with E-state index in [-0.39, 0.29) is 35.7 Å². The fourth-order valence-corrected chi connectivity index (χ4v) is 5.15. The summed E-state index contributed by atoms with van der Waals surface area (Å²) in [5.74, 6) is -0.704. The van der Waals surface area contributed by atoms with E-state index >= 15 is 0 Å². The first-order valence-corrected chi connectivity index (χ1v) is 11.9. The summed E-state index contributed by atoms with van der Waals surface area (Å²) in [5, 5.41) is 0. The number of rotatable bonds is 7. The van der Waals surface area contributed by atoms with Gasteiger partial charge in [-0.2, -0.15) is 0 Å². The number of amides is 1. The molecule has 1 aliphatic heterocycles. The standard InChI is InChI=1S/C21H30N2O5S/c1-2-28-21(25)18-8-5-13-23(15-18)20(24)11-12-22-29(26,27)19-10-9-16-6-3-4-7-17(16)14-19/h9-10,14,18,22H,2-8,11-13,15H2,1H3. The topological polar surface area (TPSA) is 92.8 Å². The third-order valence-electron chi connectivity index (χ3n) is 5.66.